The van der Waals surface area contributed by atoms with Gasteiger partial charge in [0, 0.05) is 29.4 Å². The van der Waals surface area contributed by atoms with Crippen molar-refractivity contribution in [2.75, 3.05) is 0 Å². The number of pyridine rings is 2. The number of hydrogen-bond donors (Lipinski definition) is 1. The summed E-state index contributed by atoms with van der Waals surface area (Å²) < 4.78 is 1.20. The first-order valence-electron chi connectivity index (χ1n) is 5.02. The summed E-state index contributed by atoms with van der Waals surface area (Å²) in [5.41, 5.74) is 2.15. The molecule has 4 heterocycles. The minimum Gasteiger partial charge on any atom is -0.345 e. The molecular weight excluding hydrogens is 218 g/mol. The second kappa shape index (κ2) is 2.80. The van der Waals surface area contributed by atoms with E-state index >= 15 is 0 Å². The van der Waals surface area contributed by atoms with Gasteiger partial charge in [0.2, 0.25) is 0 Å². The molecule has 16 heavy (non-hydrogen) atoms. The summed E-state index contributed by atoms with van der Waals surface area (Å²) >= 11 is 1.73. The van der Waals surface area contributed by atoms with Gasteiger partial charge >= 0.3 is 0 Å². The summed E-state index contributed by atoms with van der Waals surface area (Å²) in [5.74, 6) is 0. The number of fused-ring (bicyclic) bond motifs is 5. The zero-order valence-corrected chi connectivity index (χ0v) is 9.08. The summed E-state index contributed by atoms with van der Waals surface area (Å²) in [4.78, 5) is 13.2. The Kier molecular flexibility index (Phi) is 1.44. The van der Waals surface area contributed by atoms with Crippen molar-refractivity contribution >= 4 is 42.7 Å². The second-order valence-electron chi connectivity index (χ2n) is 3.70. The van der Waals surface area contributed by atoms with Crippen LogP contribution in [-0.2, 0) is 0 Å². The van der Waals surface area contributed by atoms with Crippen molar-refractivity contribution in [2.24, 2.45) is 0 Å². The van der Waals surface area contributed by atoms with Gasteiger partial charge in [-0.3, -0.25) is 9.97 Å². The monoisotopic (exact) mass is 225 g/mol. The van der Waals surface area contributed by atoms with Gasteiger partial charge in [0.25, 0.3) is 0 Å². The Morgan fingerprint density at radius 1 is 1.19 bits per heavy atom. The topological polar surface area (TPSA) is 41.6 Å². The third-order valence-corrected chi connectivity index (χ3v) is 3.84. The summed E-state index contributed by atoms with van der Waals surface area (Å²) in [6, 6.07) is 6.06. The summed E-state index contributed by atoms with van der Waals surface area (Å²) in [6.45, 7) is 0. The molecule has 76 valence electrons. The highest BCUT2D eigenvalue weighted by atomic mass is 32.1. The van der Waals surface area contributed by atoms with E-state index in [1.165, 1.54) is 20.3 Å². The van der Waals surface area contributed by atoms with Crippen LogP contribution >= 0.6 is 11.3 Å². The van der Waals surface area contributed by atoms with Crippen LogP contribution in [-0.4, -0.2) is 15.0 Å². The van der Waals surface area contributed by atoms with E-state index in [1.54, 1.807) is 11.3 Å². The molecule has 0 aromatic carbocycles. The van der Waals surface area contributed by atoms with Crippen molar-refractivity contribution in [1.82, 2.24) is 15.0 Å². The van der Waals surface area contributed by atoms with Gasteiger partial charge in [0.1, 0.15) is 4.83 Å². The summed E-state index contributed by atoms with van der Waals surface area (Å²) in [6.07, 6.45) is 5.57. The molecule has 0 saturated carbocycles. The first kappa shape index (κ1) is 8.24. The molecule has 0 atom stereocenters. The molecule has 0 saturated heterocycles. The predicted molar refractivity (Wildman–Crippen MR) is 66.8 cm³/mol. The maximum atomic E-state index is 4.45. The van der Waals surface area contributed by atoms with Gasteiger partial charge < -0.3 is 4.98 Å². The lowest BCUT2D eigenvalue weighted by molar-refractivity contribution is 1.37. The quantitative estimate of drug-likeness (QED) is 0.498. The van der Waals surface area contributed by atoms with Gasteiger partial charge in [0.15, 0.2) is 0 Å². The van der Waals surface area contributed by atoms with Gasteiger partial charge in [-0.1, -0.05) is 0 Å². The Labute approximate surface area is 94.8 Å². The fraction of sp³-hybridized carbons (Fsp3) is 0. The van der Waals surface area contributed by atoms with Crippen LogP contribution < -0.4 is 0 Å². The number of rotatable bonds is 0. The van der Waals surface area contributed by atoms with Crippen molar-refractivity contribution < 1.29 is 0 Å². The lowest BCUT2D eigenvalue weighted by atomic mass is 10.2. The SMILES string of the molecule is c1cnc2c(c1)[nH]c1sc3cnccc3c12. The summed E-state index contributed by atoms with van der Waals surface area (Å²) in [7, 11) is 0. The molecule has 3 nitrogen and oxygen atoms in total. The first-order chi connectivity index (χ1) is 7.93. The highest BCUT2D eigenvalue weighted by Crippen LogP contribution is 2.36. The molecule has 0 fully saturated rings. The van der Waals surface area contributed by atoms with Crippen molar-refractivity contribution in [3.05, 3.63) is 36.8 Å². The van der Waals surface area contributed by atoms with Gasteiger partial charge in [-0.2, -0.15) is 0 Å². The normalized spacial score (nSPS) is 11.8. The van der Waals surface area contributed by atoms with Gasteiger partial charge in [-0.25, -0.2) is 0 Å². The lowest BCUT2D eigenvalue weighted by Gasteiger charge is -1.89. The molecule has 4 rings (SSSR count). The Hall–Kier alpha value is -1.94. The van der Waals surface area contributed by atoms with Crippen LogP contribution in [0, 0.1) is 0 Å². The van der Waals surface area contributed by atoms with E-state index in [2.05, 4.69) is 27.1 Å². The van der Waals surface area contributed by atoms with Crippen LogP contribution in [0.5, 0.6) is 0 Å². The molecular formula is C12H7N3S. The predicted octanol–water partition coefficient (Wildman–Crippen LogP) is 3.33. The van der Waals surface area contributed by atoms with Crippen LogP contribution in [0.1, 0.15) is 0 Å². The highest BCUT2D eigenvalue weighted by molar-refractivity contribution is 7.25. The fourth-order valence-corrected chi connectivity index (χ4v) is 3.19. The summed E-state index contributed by atoms with van der Waals surface area (Å²) in [5, 5.41) is 2.46. The van der Waals surface area contributed by atoms with Gasteiger partial charge in [-0.15, -0.1) is 11.3 Å². The number of H-pyrrole nitrogens is 1. The molecule has 0 aliphatic heterocycles. The van der Waals surface area contributed by atoms with Crippen molar-refractivity contribution in [1.29, 1.82) is 0 Å². The van der Waals surface area contributed by atoms with Crippen molar-refractivity contribution in [3.63, 3.8) is 0 Å². The minimum absolute atomic E-state index is 1.05. The third-order valence-electron chi connectivity index (χ3n) is 2.79. The van der Waals surface area contributed by atoms with Crippen LogP contribution in [0.25, 0.3) is 31.3 Å². The van der Waals surface area contributed by atoms with Crippen LogP contribution in [0.2, 0.25) is 0 Å². The van der Waals surface area contributed by atoms with Gasteiger partial charge in [-0.05, 0) is 18.2 Å². The van der Waals surface area contributed by atoms with E-state index < -0.39 is 0 Å². The number of thiophene rings is 1. The van der Waals surface area contributed by atoms with Crippen molar-refractivity contribution in [2.45, 2.75) is 0 Å². The van der Waals surface area contributed by atoms with Crippen LogP contribution in [0.15, 0.2) is 36.8 Å². The Morgan fingerprint density at radius 3 is 3.19 bits per heavy atom. The molecule has 0 unspecified atom stereocenters. The van der Waals surface area contributed by atoms with Gasteiger partial charge in [0.05, 0.1) is 15.7 Å². The average Bonchev–Trinajstić information content (AvgIpc) is 2.83. The third kappa shape index (κ3) is 0.919. The van der Waals surface area contributed by atoms with Crippen LogP contribution in [0.4, 0.5) is 0 Å². The Balaban J connectivity index is 2.38. The number of aromatic amines is 1. The first-order valence-corrected chi connectivity index (χ1v) is 5.84. The Morgan fingerprint density at radius 2 is 2.19 bits per heavy atom. The molecule has 4 aromatic heterocycles. The molecule has 0 bridgehead atoms. The number of nitrogens with one attached hydrogen (secondary N) is 1. The molecule has 0 spiro atoms. The Bertz CT molecular complexity index is 747. The molecule has 4 aromatic rings. The van der Waals surface area contributed by atoms with Crippen molar-refractivity contribution in [3.8, 4) is 0 Å². The molecule has 0 radical (unpaired) electrons. The average molecular weight is 225 g/mol. The molecule has 0 amide bonds. The van der Waals surface area contributed by atoms with E-state index in [-0.39, 0.29) is 0 Å². The second-order valence-corrected chi connectivity index (χ2v) is 4.75. The van der Waals surface area contributed by atoms with E-state index in [0.717, 1.165) is 11.0 Å². The largest absolute Gasteiger partial charge is 0.345 e. The number of nitrogens with zero attached hydrogens (tertiary/aromatic N) is 2. The number of hydrogen-bond acceptors (Lipinski definition) is 3. The maximum Gasteiger partial charge on any atom is 0.104 e. The molecule has 4 heteroatoms. The lowest BCUT2D eigenvalue weighted by Crippen LogP contribution is -1.73. The standard InChI is InChI=1S/C12H7N3S/c1-2-8-11(14-4-1)10-7-3-5-13-6-9(7)16-12(10)15-8/h1-6,15H. The zero-order valence-electron chi connectivity index (χ0n) is 8.27. The zero-order chi connectivity index (χ0) is 10.5. The van der Waals surface area contributed by atoms with E-state index in [9.17, 15) is 0 Å². The smallest absolute Gasteiger partial charge is 0.104 e. The van der Waals surface area contributed by atoms with E-state index in [0.29, 0.717) is 0 Å². The molecule has 0 aliphatic carbocycles. The van der Waals surface area contributed by atoms with E-state index in [1.807, 2.05) is 24.7 Å². The van der Waals surface area contributed by atoms with Crippen LogP contribution in [0.3, 0.4) is 0 Å². The highest BCUT2D eigenvalue weighted by Gasteiger charge is 2.11. The minimum atomic E-state index is 1.05. The number of aromatic nitrogens is 3. The van der Waals surface area contributed by atoms with E-state index in [4.69, 9.17) is 0 Å². The molecule has 1 N–H and O–H groups in total. The maximum absolute atomic E-state index is 4.45. The molecule has 0 aliphatic rings. The fourth-order valence-electron chi connectivity index (χ4n) is 2.10.